The van der Waals surface area contributed by atoms with Gasteiger partial charge in [0, 0.05) is 52.2 Å². The van der Waals surface area contributed by atoms with Gasteiger partial charge in [0.15, 0.2) is 0 Å². The first-order valence-corrected chi connectivity index (χ1v) is 10.1. The van der Waals surface area contributed by atoms with E-state index in [1.807, 2.05) is 13.8 Å². The van der Waals surface area contributed by atoms with Gasteiger partial charge in [-0.25, -0.2) is 0 Å². The van der Waals surface area contributed by atoms with Crippen molar-refractivity contribution >= 4 is 7.37 Å². The third kappa shape index (κ3) is 10.3. The van der Waals surface area contributed by atoms with E-state index in [-0.39, 0.29) is 52.2 Å². The minimum Gasteiger partial charge on any atom is -0.344 e. The number of hydrogen-bond acceptors (Lipinski definition) is 1. The first-order valence-electron chi connectivity index (χ1n) is 8.28. The summed E-state index contributed by atoms with van der Waals surface area (Å²) >= 11 is 0. The second-order valence-electron chi connectivity index (χ2n) is 6.07. The summed E-state index contributed by atoms with van der Waals surface area (Å²) in [6.07, 6.45) is 11.4. The van der Waals surface area contributed by atoms with Crippen LogP contribution in [0, 0.1) is 40.8 Å². The maximum Gasteiger partial charge on any atom is 0.206 e. The summed E-state index contributed by atoms with van der Waals surface area (Å²) in [6, 6.07) is 0. The van der Waals surface area contributed by atoms with Gasteiger partial charge in [-0.3, -0.25) is 4.57 Å². The molecule has 1 N–H and O–H groups in total. The van der Waals surface area contributed by atoms with Crippen LogP contribution in [0.5, 0.6) is 0 Å². The zero-order chi connectivity index (χ0) is 14.7. The van der Waals surface area contributed by atoms with Gasteiger partial charge in [0.25, 0.3) is 0 Å². The normalized spacial score (nSPS) is 17.1. The molecule has 0 aromatic rings. The summed E-state index contributed by atoms with van der Waals surface area (Å²) in [4.78, 5) is 10.3. The van der Waals surface area contributed by atoms with Gasteiger partial charge >= 0.3 is 0 Å². The van der Waals surface area contributed by atoms with Crippen molar-refractivity contribution in [1.29, 1.82) is 0 Å². The van der Waals surface area contributed by atoms with Crippen LogP contribution in [0.15, 0.2) is 0 Å². The number of hydrogen-bond donors (Lipinski definition) is 1. The Hall–Kier alpha value is 1.54. The molecule has 0 aliphatic rings. The third-order valence-corrected chi connectivity index (χ3v) is 7.26. The average Bonchev–Trinajstić information content (AvgIpc) is 2.39. The fourth-order valence-electron chi connectivity index (χ4n) is 2.54. The fourth-order valence-corrected chi connectivity index (χ4v) is 4.51. The van der Waals surface area contributed by atoms with E-state index in [4.69, 9.17) is 0 Å². The van der Waals surface area contributed by atoms with Crippen molar-refractivity contribution in [1.82, 2.24) is 0 Å². The Kier molecular flexibility index (Phi) is 16.8. The summed E-state index contributed by atoms with van der Waals surface area (Å²) in [5, 5.41) is 0. The molecule has 0 fully saturated rings. The molecule has 120 valence electrons. The number of unbranched alkanes of at least 4 members (excludes halogenated alkanes) is 6. The Bertz CT molecular complexity index is 237. The van der Waals surface area contributed by atoms with Crippen LogP contribution in [0.25, 0.3) is 0 Å². The second kappa shape index (κ2) is 14.2. The summed E-state index contributed by atoms with van der Waals surface area (Å²) in [5.74, 6) is 0. The van der Waals surface area contributed by atoms with E-state index in [1.165, 1.54) is 38.5 Å². The van der Waals surface area contributed by atoms with Crippen molar-refractivity contribution < 1.29 is 50.3 Å². The van der Waals surface area contributed by atoms with Gasteiger partial charge in [-0.05, 0) is 12.8 Å². The quantitative estimate of drug-likeness (QED) is 0.303. The molecule has 2 nitrogen and oxygen atoms in total. The summed E-state index contributed by atoms with van der Waals surface area (Å²) < 4.78 is 12.5. The van der Waals surface area contributed by atoms with Gasteiger partial charge in [-0.15, -0.1) is 0 Å². The molecule has 20 heavy (non-hydrogen) atoms. The van der Waals surface area contributed by atoms with Crippen LogP contribution in [-0.2, 0) is 4.57 Å². The van der Waals surface area contributed by atoms with Gasteiger partial charge < -0.3 is 4.89 Å². The van der Waals surface area contributed by atoms with E-state index in [1.54, 1.807) is 0 Å². The molecule has 0 aromatic heterocycles. The molecule has 0 rings (SSSR count). The molecule has 0 bridgehead atoms. The Morgan fingerprint density at radius 3 is 1.45 bits per heavy atom. The molecule has 0 saturated heterocycles. The van der Waals surface area contributed by atoms with Gasteiger partial charge in [0.1, 0.15) is 0 Å². The molecule has 2 unspecified atom stereocenters. The van der Waals surface area contributed by atoms with Crippen molar-refractivity contribution in [3.05, 3.63) is 0 Å². The van der Waals surface area contributed by atoms with Gasteiger partial charge in [-0.2, -0.15) is 0 Å². The van der Waals surface area contributed by atoms with Crippen molar-refractivity contribution in [3.8, 4) is 0 Å². The summed E-state index contributed by atoms with van der Waals surface area (Å²) in [5.41, 5.74) is -0.0453. The predicted molar refractivity (Wildman–Crippen MR) is 86.3 cm³/mol. The molecule has 4 heteroatoms. The van der Waals surface area contributed by atoms with Gasteiger partial charge in [0.05, 0.1) is 0 Å². The number of rotatable bonds is 12. The standard InChI is InChI=1S/C16H35O2P.Nd/c1-5-7-9-11-13-15(3)19(17,18)16(4)14-12-10-8-6-2;/h15-16H,5-14H2,1-4H3,(H,17,18);. The SMILES string of the molecule is CCCCCCC(C)P(=O)(O)C(C)CCCCCC.[Nd]. The second-order valence-corrected chi connectivity index (χ2v) is 9.18. The molecule has 0 saturated carbocycles. The molecule has 0 amide bonds. The molecule has 0 heterocycles. The van der Waals surface area contributed by atoms with Crippen molar-refractivity contribution in [2.24, 2.45) is 0 Å². The molecule has 0 radical (unpaired) electrons. The molecular formula is C16H35NdO2P. The topological polar surface area (TPSA) is 37.3 Å². The van der Waals surface area contributed by atoms with Gasteiger partial charge in [0.2, 0.25) is 7.37 Å². The Morgan fingerprint density at radius 1 is 0.800 bits per heavy atom. The molecular weight excluding hydrogens is 399 g/mol. The zero-order valence-corrected chi connectivity index (χ0v) is 18.1. The van der Waals surface area contributed by atoms with Crippen LogP contribution in [0.4, 0.5) is 0 Å². The monoisotopic (exact) mass is 432 g/mol. The Labute approximate surface area is 159 Å². The molecule has 2 atom stereocenters. The van der Waals surface area contributed by atoms with E-state index < -0.39 is 7.37 Å². The van der Waals surface area contributed by atoms with Crippen LogP contribution in [0.3, 0.4) is 0 Å². The zero-order valence-electron chi connectivity index (χ0n) is 14.0. The van der Waals surface area contributed by atoms with Crippen LogP contribution < -0.4 is 0 Å². The van der Waals surface area contributed by atoms with E-state index in [0.29, 0.717) is 0 Å². The van der Waals surface area contributed by atoms with Crippen molar-refractivity contribution in [3.63, 3.8) is 0 Å². The maximum absolute atomic E-state index is 12.5. The fraction of sp³-hybridized carbons (Fsp3) is 1.00. The summed E-state index contributed by atoms with van der Waals surface area (Å²) in [7, 11) is -2.97. The van der Waals surface area contributed by atoms with Crippen molar-refractivity contribution in [2.75, 3.05) is 0 Å². The van der Waals surface area contributed by atoms with E-state index in [9.17, 15) is 9.46 Å². The predicted octanol–water partition coefficient (Wildman–Crippen LogP) is 5.97. The van der Waals surface area contributed by atoms with E-state index >= 15 is 0 Å². The van der Waals surface area contributed by atoms with Gasteiger partial charge in [-0.1, -0.05) is 79.1 Å². The molecule has 0 aliphatic carbocycles. The minimum absolute atomic E-state index is 0. The van der Waals surface area contributed by atoms with E-state index in [0.717, 1.165) is 25.7 Å². The smallest absolute Gasteiger partial charge is 0.206 e. The molecule has 0 aliphatic heterocycles. The summed E-state index contributed by atoms with van der Waals surface area (Å²) in [6.45, 7) is 8.32. The maximum atomic E-state index is 12.5. The molecule has 0 aromatic carbocycles. The first-order chi connectivity index (χ1) is 8.96. The van der Waals surface area contributed by atoms with Crippen molar-refractivity contribution in [2.45, 2.75) is 103 Å². The Morgan fingerprint density at radius 2 is 1.15 bits per heavy atom. The van der Waals surface area contributed by atoms with E-state index in [2.05, 4.69) is 13.8 Å². The Balaban J connectivity index is 0. The van der Waals surface area contributed by atoms with Crippen LogP contribution in [0.2, 0.25) is 0 Å². The van der Waals surface area contributed by atoms with Crippen LogP contribution in [-0.4, -0.2) is 16.2 Å². The largest absolute Gasteiger partial charge is 0.344 e. The first kappa shape index (κ1) is 23.8. The van der Waals surface area contributed by atoms with Crippen LogP contribution >= 0.6 is 7.37 Å². The van der Waals surface area contributed by atoms with Crippen LogP contribution in [0.1, 0.15) is 91.9 Å². The minimum atomic E-state index is -2.97. The average molecular weight is 435 g/mol. The third-order valence-electron chi connectivity index (χ3n) is 4.21. The molecule has 0 spiro atoms.